The third kappa shape index (κ3) is 2.58. The van der Waals surface area contributed by atoms with E-state index < -0.39 is 20.8 Å². The van der Waals surface area contributed by atoms with Gasteiger partial charge in [-0.25, -0.2) is 17.7 Å². The number of rotatable bonds is 2. The fourth-order valence-electron chi connectivity index (χ4n) is 2.83. The number of hydrogen-bond donors (Lipinski definition) is 1. The van der Waals surface area contributed by atoms with E-state index in [1.165, 1.54) is 18.4 Å². The number of nitrogens with two attached hydrogens (primary N) is 1. The van der Waals surface area contributed by atoms with Crippen molar-refractivity contribution in [1.29, 1.82) is 0 Å². The molecule has 1 aromatic carbocycles. The highest BCUT2D eigenvalue weighted by Crippen LogP contribution is 2.49. The van der Waals surface area contributed by atoms with Gasteiger partial charge in [-0.05, 0) is 34.5 Å². The molecule has 2 heterocycles. The van der Waals surface area contributed by atoms with Gasteiger partial charge < -0.3 is 5.73 Å². The van der Waals surface area contributed by atoms with Crippen molar-refractivity contribution in [1.82, 2.24) is 4.31 Å². The van der Waals surface area contributed by atoms with Crippen LogP contribution in [0.5, 0.6) is 0 Å². The summed E-state index contributed by atoms with van der Waals surface area (Å²) in [5.41, 5.74) is 5.62. The van der Waals surface area contributed by atoms with Crippen molar-refractivity contribution in [2.24, 2.45) is 10.7 Å². The number of guanidine groups is 1. The smallest absolute Gasteiger partial charge is 0.247 e. The summed E-state index contributed by atoms with van der Waals surface area (Å²) >= 11 is 4.89. The minimum atomic E-state index is -3.68. The summed E-state index contributed by atoms with van der Waals surface area (Å²) in [5, 5.41) is 1.08. The van der Waals surface area contributed by atoms with Gasteiger partial charge in [-0.15, -0.1) is 11.3 Å². The average Bonchev–Trinajstić information content (AvgIpc) is 2.93. The van der Waals surface area contributed by atoms with E-state index in [9.17, 15) is 8.42 Å². The van der Waals surface area contributed by atoms with Gasteiger partial charge in [0.25, 0.3) is 0 Å². The lowest BCUT2D eigenvalue weighted by Gasteiger charge is -2.40. The Morgan fingerprint density at radius 3 is 2.57 bits per heavy atom. The molecule has 0 amide bonds. The second-order valence-electron chi connectivity index (χ2n) is 5.55. The third-order valence-electron chi connectivity index (χ3n) is 4.03. The van der Waals surface area contributed by atoms with Gasteiger partial charge in [0.1, 0.15) is 10.8 Å². The van der Waals surface area contributed by atoms with Crippen LogP contribution in [-0.4, -0.2) is 25.7 Å². The maximum Gasteiger partial charge on any atom is 0.247 e. The third-order valence-corrected chi connectivity index (χ3v) is 8.22. The first kappa shape index (κ1) is 16.5. The molecule has 0 saturated heterocycles. The van der Waals surface area contributed by atoms with E-state index >= 15 is 0 Å². The van der Waals surface area contributed by atoms with E-state index in [2.05, 4.69) is 20.9 Å². The zero-order valence-corrected chi connectivity index (χ0v) is 15.8. The molecule has 1 aromatic heterocycles. The molecule has 2 aromatic rings. The molecule has 1 aliphatic heterocycles. The summed E-state index contributed by atoms with van der Waals surface area (Å²) in [6.07, 6.45) is 0. The number of aliphatic imine (C=N–C) groups is 1. The van der Waals surface area contributed by atoms with Crippen LogP contribution < -0.4 is 5.73 Å². The molecular weight excluding hydrogens is 398 g/mol. The van der Waals surface area contributed by atoms with Gasteiger partial charge >= 0.3 is 0 Å². The largest absolute Gasteiger partial charge is 0.369 e. The molecule has 2 N–H and O–H groups in total. The zero-order valence-electron chi connectivity index (χ0n) is 12.6. The van der Waals surface area contributed by atoms with Crippen molar-refractivity contribution < 1.29 is 8.42 Å². The summed E-state index contributed by atoms with van der Waals surface area (Å²) in [4.78, 5) is 5.41. The van der Waals surface area contributed by atoms with Crippen LogP contribution in [0.15, 0.2) is 51.2 Å². The van der Waals surface area contributed by atoms with Crippen molar-refractivity contribution >= 4 is 43.2 Å². The van der Waals surface area contributed by atoms with Crippen LogP contribution in [-0.2, 0) is 15.6 Å². The van der Waals surface area contributed by atoms with Gasteiger partial charge in [0.15, 0.2) is 0 Å². The Bertz CT molecular complexity index is 864. The van der Waals surface area contributed by atoms with E-state index in [0.29, 0.717) is 5.56 Å². The topological polar surface area (TPSA) is 75.8 Å². The quantitative estimate of drug-likeness (QED) is 0.821. The predicted molar refractivity (Wildman–Crippen MR) is 96.9 cm³/mol. The molecule has 8 heteroatoms. The van der Waals surface area contributed by atoms with Crippen molar-refractivity contribution in [2.45, 2.75) is 17.7 Å². The highest BCUT2D eigenvalue weighted by molar-refractivity contribution is 9.10. The first-order valence-corrected chi connectivity index (χ1v) is 10.1. The van der Waals surface area contributed by atoms with Gasteiger partial charge in [-0.1, -0.05) is 30.3 Å². The number of sulfonamides is 1. The Morgan fingerprint density at radius 1 is 1.35 bits per heavy atom. The van der Waals surface area contributed by atoms with E-state index in [1.807, 2.05) is 48.7 Å². The molecule has 0 fully saturated rings. The van der Waals surface area contributed by atoms with Crippen molar-refractivity contribution in [3.05, 3.63) is 56.7 Å². The van der Waals surface area contributed by atoms with Crippen LogP contribution in [0.25, 0.3) is 0 Å². The van der Waals surface area contributed by atoms with Gasteiger partial charge in [0, 0.05) is 21.8 Å². The van der Waals surface area contributed by atoms with Crippen molar-refractivity contribution in [3.63, 3.8) is 0 Å². The average molecular weight is 414 g/mol. The molecule has 0 unspecified atom stereocenters. The van der Waals surface area contributed by atoms with Gasteiger partial charge in [0.05, 0.1) is 0 Å². The Kier molecular flexibility index (Phi) is 4.02. The number of thiophene rings is 1. The first-order chi connectivity index (χ1) is 10.8. The summed E-state index contributed by atoms with van der Waals surface area (Å²) in [7, 11) is -2.24. The van der Waals surface area contributed by atoms with E-state index in [-0.39, 0.29) is 5.96 Å². The first-order valence-electron chi connectivity index (χ1n) is 6.89. The van der Waals surface area contributed by atoms with Gasteiger partial charge in [-0.3, -0.25) is 0 Å². The molecule has 0 aliphatic carbocycles. The van der Waals surface area contributed by atoms with Gasteiger partial charge in [-0.2, -0.15) is 0 Å². The highest BCUT2D eigenvalue weighted by atomic mass is 79.9. The number of halogens is 1. The molecule has 0 saturated carbocycles. The summed E-state index contributed by atoms with van der Waals surface area (Å²) < 4.78 is 28.1. The van der Waals surface area contributed by atoms with Crippen molar-refractivity contribution in [3.8, 4) is 0 Å². The molecule has 23 heavy (non-hydrogen) atoms. The maximum atomic E-state index is 13.1. The second-order valence-corrected chi connectivity index (χ2v) is 9.43. The monoisotopic (exact) mass is 413 g/mol. The van der Waals surface area contributed by atoms with Crippen LogP contribution in [0, 0.1) is 0 Å². The fourth-order valence-corrected chi connectivity index (χ4v) is 6.35. The van der Waals surface area contributed by atoms with E-state index in [0.717, 1.165) is 13.7 Å². The predicted octanol–water partition coefficient (Wildman–Crippen LogP) is 3.06. The normalized spacial score (nSPS) is 26.8. The van der Waals surface area contributed by atoms with Crippen LogP contribution in [0.2, 0.25) is 0 Å². The molecule has 1 aliphatic rings. The van der Waals surface area contributed by atoms with Gasteiger partial charge in [0.2, 0.25) is 16.0 Å². The maximum absolute atomic E-state index is 13.1. The molecule has 2 atom stereocenters. The molecule has 5 nitrogen and oxygen atoms in total. The SMILES string of the molecule is CN1C(N)=N[C@](C)(c2cc(Br)cs2)[C@@H](c2ccccc2)S1(=O)=O. The van der Waals surface area contributed by atoms with E-state index in [4.69, 9.17) is 5.73 Å². The summed E-state index contributed by atoms with van der Waals surface area (Å²) in [6, 6.07) is 11.0. The molecule has 3 rings (SSSR count). The minimum Gasteiger partial charge on any atom is -0.369 e. The number of nitrogens with zero attached hydrogens (tertiary/aromatic N) is 2. The summed E-state index contributed by atoms with van der Waals surface area (Å²) in [5.74, 6) is 0.00389. The Morgan fingerprint density at radius 2 is 2.00 bits per heavy atom. The molecule has 0 radical (unpaired) electrons. The second kappa shape index (κ2) is 5.61. The fraction of sp³-hybridized carbons (Fsp3) is 0.267. The lowest BCUT2D eigenvalue weighted by atomic mass is 9.91. The number of benzene rings is 1. The van der Waals surface area contributed by atoms with E-state index in [1.54, 1.807) is 0 Å². The van der Waals surface area contributed by atoms with Crippen LogP contribution in [0.4, 0.5) is 0 Å². The van der Waals surface area contributed by atoms with Crippen molar-refractivity contribution in [2.75, 3.05) is 7.05 Å². The zero-order chi connectivity index (χ0) is 16.8. The Hall–Kier alpha value is -1.38. The highest BCUT2D eigenvalue weighted by Gasteiger charge is 2.51. The van der Waals surface area contributed by atoms with Crippen LogP contribution in [0.1, 0.15) is 22.6 Å². The standard InChI is InChI=1S/C15H16BrN3O2S2/c1-15(12-8-11(16)9-22-12)13(10-6-4-3-5-7-10)23(20,21)19(2)14(17)18-15/h3-9,13H,1-2H3,(H2,17,18)/t13-,15-/m1/s1. The molecule has 0 spiro atoms. The molecule has 0 bridgehead atoms. The Balaban J connectivity index is 2.30. The Labute approximate surface area is 148 Å². The lowest BCUT2D eigenvalue weighted by Crippen LogP contribution is -2.51. The van der Waals surface area contributed by atoms with Crippen LogP contribution in [0.3, 0.4) is 0 Å². The molecule has 122 valence electrons. The minimum absolute atomic E-state index is 0.00389. The molecular formula is C15H16BrN3O2S2. The number of hydrogen-bond acceptors (Lipinski definition) is 5. The summed E-state index contributed by atoms with van der Waals surface area (Å²) in [6.45, 7) is 1.82. The van der Waals surface area contributed by atoms with Crippen LogP contribution >= 0.6 is 27.3 Å². The lowest BCUT2D eigenvalue weighted by molar-refractivity contribution is 0.419.